The van der Waals surface area contributed by atoms with E-state index >= 15 is 0 Å². The van der Waals surface area contributed by atoms with Crippen molar-refractivity contribution in [3.05, 3.63) is 41.6 Å². The maximum atomic E-state index is 11.6. The van der Waals surface area contributed by atoms with Gasteiger partial charge in [-0.25, -0.2) is 0 Å². The van der Waals surface area contributed by atoms with E-state index in [4.69, 9.17) is 5.11 Å². The average molecular weight is 342 g/mol. The highest BCUT2D eigenvalue weighted by atomic mass is 32.2. The zero-order valence-electron chi connectivity index (χ0n) is 12.8. The monoisotopic (exact) mass is 342 g/mol. The fourth-order valence-corrected chi connectivity index (χ4v) is 3.25. The largest absolute Gasteiger partial charge is 0.481 e. The third-order valence-electron chi connectivity index (χ3n) is 3.52. The molecule has 2 N–H and O–H groups in total. The highest BCUT2D eigenvalue weighted by Crippen LogP contribution is 2.22. The lowest BCUT2D eigenvalue weighted by molar-refractivity contribution is -0.138. The van der Waals surface area contributed by atoms with Crippen LogP contribution >= 0.6 is 11.8 Å². The first kappa shape index (κ1) is 16.1. The van der Waals surface area contributed by atoms with E-state index in [9.17, 15) is 9.59 Å². The second-order valence-electron chi connectivity index (χ2n) is 5.21. The predicted octanol–water partition coefficient (Wildman–Crippen LogP) is 1.94. The summed E-state index contributed by atoms with van der Waals surface area (Å²) >= 11 is 1.07. The Morgan fingerprint density at radius 2 is 2.29 bits per heavy atom. The maximum Gasteiger partial charge on any atom is 0.305 e. The third-order valence-corrected chi connectivity index (χ3v) is 4.59. The van der Waals surface area contributed by atoms with Crippen molar-refractivity contribution in [1.82, 2.24) is 10.3 Å². The molecule has 1 atom stereocenters. The van der Waals surface area contributed by atoms with Crippen molar-refractivity contribution in [3.8, 4) is 0 Å². The van der Waals surface area contributed by atoms with Crippen LogP contribution in [0.4, 0.5) is 0 Å². The van der Waals surface area contributed by atoms with Crippen LogP contribution in [0, 0.1) is 6.92 Å². The molecule has 1 aliphatic rings. The van der Waals surface area contributed by atoms with Gasteiger partial charge in [-0.15, -0.1) is 5.10 Å². The molecule has 24 heavy (non-hydrogen) atoms. The lowest BCUT2D eigenvalue weighted by Gasteiger charge is -2.04. The second-order valence-corrected chi connectivity index (χ2v) is 6.40. The molecule has 0 bridgehead atoms. The molecule has 1 aliphatic heterocycles. The predicted molar refractivity (Wildman–Crippen MR) is 93.3 cm³/mol. The summed E-state index contributed by atoms with van der Waals surface area (Å²) in [5.74, 6) is -1.38. The van der Waals surface area contributed by atoms with Crippen molar-refractivity contribution in [2.45, 2.75) is 18.6 Å². The summed E-state index contributed by atoms with van der Waals surface area (Å²) in [5.41, 5.74) is 2.80. The van der Waals surface area contributed by atoms with Gasteiger partial charge in [0.15, 0.2) is 5.17 Å². The topological polar surface area (TPSA) is 104 Å². The van der Waals surface area contributed by atoms with Crippen molar-refractivity contribution in [3.63, 3.8) is 0 Å². The Hall–Kier alpha value is -2.74. The Balaban J connectivity index is 1.81. The maximum absolute atomic E-state index is 11.6. The van der Waals surface area contributed by atoms with Gasteiger partial charge in [-0.2, -0.15) is 5.10 Å². The fourth-order valence-electron chi connectivity index (χ4n) is 2.34. The van der Waals surface area contributed by atoms with Gasteiger partial charge in [-0.1, -0.05) is 23.9 Å². The molecule has 2 heterocycles. The van der Waals surface area contributed by atoms with Crippen molar-refractivity contribution >= 4 is 45.9 Å². The number of nitrogens with one attached hydrogen (secondary N) is 1. The molecule has 1 aromatic heterocycles. The van der Waals surface area contributed by atoms with Crippen molar-refractivity contribution in [2.75, 3.05) is 0 Å². The lowest BCUT2D eigenvalue weighted by atomic mass is 10.0. The Morgan fingerprint density at radius 3 is 3.08 bits per heavy atom. The molecule has 1 aromatic carbocycles. The van der Waals surface area contributed by atoms with Crippen LogP contribution in [-0.2, 0) is 9.59 Å². The second kappa shape index (κ2) is 6.79. The Kier molecular flexibility index (Phi) is 4.57. The summed E-state index contributed by atoms with van der Waals surface area (Å²) in [6, 6.07) is 7.71. The summed E-state index contributed by atoms with van der Waals surface area (Å²) in [4.78, 5) is 26.6. The van der Waals surface area contributed by atoms with Gasteiger partial charge in [0.2, 0.25) is 5.91 Å². The number of nitrogens with zero attached hydrogens (tertiary/aromatic N) is 3. The number of carboxylic acids is 1. The van der Waals surface area contributed by atoms with Crippen LogP contribution < -0.4 is 5.32 Å². The number of amides is 1. The smallest absolute Gasteiger partial charge is 0.305 e. The molecular weight excluding hydrogens is 328 g/mol. The first-order valence-electron chi connectivity index (χ1n) is 7.19. The molecule has 1 fully saturated rings. The number of hydrogen-bond acceptors (Lipinski definition) is 6. The minimum Gasteiger partial charge on any atom is -0.481 e. The number of aromatic nitrogens is 1. The van der Waals surface area contributed by atoms with Gasteiger partial charge in [0, 0.05) is 17.1 Å². The quantitative estimate of drug-likeness (QED) is 0.653. The fraction of sp³-hybridized carbons (Fsp3) is 0.188. The number of hydrogen-bond donors (Lipinski definition) is 2. The van der Waals surface area contributed by atoms with Gasteiger partial charge in [-0.3, -0.25) is 14.6 Å². The molecule has 1 unspecified atom stereocenters. The SMILES string of the molecule is Cc1ccc2ncccc2c1C=NN=C1NC(=O)C(CC(=O)O)S1. The van der Waals surface area contributed by atoms with Crippen LogP contribution in [0.2, 0.25) is 0 Å². The van der Waals surface area contributed by atoms with Gasteiger partial charge in [0.25, 0.3) is 0 Å². The zero-order chi connectivity index (χ0) is 17.1. The molecule has 7 nitrogen and oxygen atoms in total. The van der Waals surface area contributed by atoms with E-state index in [2.05, 4.69) is 20.5 Å². The average Bonchev–Trinajstić information content (AvgIpc) is 2.88. The molecule has 0 saturated carbocycles. The van der Waals surface area contributed by atoms with Crippen molar-refractivity contribution < 1.29 is 14.7 Å². The van der Waals surface area contributed by atoms with Crippen LogP contribution in [0.15, 0.2) is 40.7 Å². The van der Waals surface area contributed by atoms with Gasteiger partial charge >= 0.3 is 5.97 Å². The molecule has 0 spiro atoms. The number of fused-ring (bicyclic) bond motifs is 1. The molecule has 3 rings (SSSR count). The number of aliphatic carboxylic acids is 1. The zero-order valence-corrected chi connectivity index (χ0v) is 13.6. The van der Waals surface area contributed by atoms with Crippen molar-refractivity contribution in [1.29, 1.82) is 0 Å². The number of thioether (sulfide) groups is 1. The number of carbonyl (C=O) groups is 2. The standard InChI is InChI=1S/C16H14N4O3S/c1-9-4-5-12-10(3-2-6-17-12)11(9)8-18-20-16-19-15(23)13(24-16)7-14(21)22/h2-6,8,13H,7H2,1H3,(H,21,22)(H,19,20,23). The number of benzene rings is 1. The van der Waals surface area contributed by atoms with Crippen LogP contribution in [0.25, 0.3) is 10.9 Å². The lowest BCUT2D eigenvalue weighted by Crippen LogP contribution is -2.26. The number of pyridine rings is 1. The summed E-state index contributed by atoms with van der Waals surface area (Å²) in [5, 5.41) is 19.9. The number of amidine groups is 1. The van der Waals surface area contributed by atoms with E-state index < -0.39 is 11.2 Å². The van der Waals surface area contributed by atoms with Gasteiger partial charge in [0.1, 0.15) is 5.25 Å². The first-order chi connectivity index (χ1) is 11.5. The van der Waals surface area contributed by atoms with Gasteiger partial charge in [-0.05, 0) is 24.6 Å². The van der Waals surface area contributed by atoms with Crippen LogP contribution in [0.3, 0.4) is 0 Å². The van der Waals surface area contributed by atoms with Crippen LogP contribution in [-0.4, -0.2) is 38.6 Å². The first-order valence-corrected chi connectivity index (χ1v) is 8.07. The molecule has 2 aromatic rings. The summed E-state index contributed by atoms with van der Waals surface area (Å²) < 4.78 is 0. The minimum absolute atomic E-state index is 0.243. The Morgan fingerprint density at radius 1 is 1.46 bits per heavy atom. The Labute approximate surface area is 141 Å². The number of carbonyl (C=O) groups excluding carboxylic acids is 1. The van der Waals surface area contributed by atoms with Gasteiger partial charge in [0.05, 0.1) is 18.2 Å². The molecule has 0 radical (unpaired) electrons. The summed E-state index contributed by atoms with van der Waals surface area (Å²) in [7, 11) is 0. The Bertz CT molecular complexity index is 879. The van der Waals surface area contributed by atoms with E-state index in [1.54, 1.807) is 12.4 Å². The molecule has 1 saturated heterocycles. The number of carboxylic acid groups (broad SMARTS) is 1. The van der Waals surface area contributed by atoms with Crippen LogP contribution in [0.5, 0.6) is 0 Å². The summed E-state index contributed by atoms with van der Waals surface area (Å²) in [6.45, 7) is 1.97. The molecule has 8 heteroatoms. The van der Waals surface area contributed by atoms with Crippen LogP contribution in [0.1, 0.15) is 17.5 Å². The third kappa shape index (κ3) is 3.43. The van der Waals surface area contributed by atoms with Crippen molar-refractivity contribution in [2.24, 2.45) is 10.2 Å². The van der Waals surface area contributed by atoms with E-state index in [-0.39, 0.29) is 12.3 Å². The molecule has 0 aliphatic carbocycles. The molecule has 1 amide bonds. The number of aryl methyl sites for hydroxylation is 1. The molecular formula is C16H14N4O3S. The van der Waals surface area contributed by atoms with E-state index in [0.29, 0.717) is 5.17 Å². The highest BCUT2D eigenvalue weighted by molar-refractivity contribution is 8.15. The minimum atomic E-state index is -1.02. The number of rotatable bonds is 4. The normalized spacial score (nSPS) is 19.3. The van der Waals surface area contributed by atoms with E-state index in [1.165, 1.54) is 0 Å². The van der Waals surface area contributed by atoms with E-state index in [1.807, 2.05) is 31.2 Å². The highest BCUT2D eigenvalue weighted by Gasteiger charge is 2.32. The summed E-state index contributed by atoms with van der Waals surface area (Å²) in [6.07, 6.45) is 3.10. The van der Waals surface area contributed by atoms with Gasteiger partial charge < -0.3 is 10.4 Å². The molecule has 122 valence electrons. The van der Waals surface area contributed by atoms with E-state index in [0.717, 1.165) is 33.8 Å².